The Morgan fingerprint density at radius 2 is 0.786 bits per heavy atom. The van der Waals surface area contributed by atoms with E-state index in [0.29, 0.717) is 0 Å². The Morgan fingerprint density at radius 3 is 1.52 bits per heavy atom. The van der Waals surface area contributed by atoms with Crippen molar-refractivity contribution in [3.05, 3.63) is 231 Å². The van der Waals surface area contributed by atoms with Crippen LogP contribution in [0.25, 0.3) is 72.0 Å². The molecule has 0 bridgehead atoms. The lowest BCUT2D eigenvalue weighted by Crippen LogP contribution is -2.12. The lowest BCUT2D eigenvalue weighted by atomic mass is 9.94. The number of fused-ring (bicyclic) bond motifs is 3. The Bertz CT molecular complexity index is 2960. The number of hydrogen-bond acceptors (Lipinski definition) is 1. The number of aromatic nitrogens is 1. The van der Waals surface area contributed by atoms with Gasteiger partial charge in [0.1, 0.15) is 0 Å². The van der Waals surface area contributed by atoms with E-state index < -0.39 is 0 Å². The number of rotatable bonds is 8. The fourth-order valence-electron chi connectivity index (χ4n) is 8.28. The van der Waals surface area contributed by atoms with Crippen molar-refractivity contribution in [2.75, 3.05) is 4.90 Å². The summed E-state index contributed by atoms with van der Waals surface area (Å²) >= 11 is 0. The third-order valence-corrected chi connectivity index (χ3v) is 10.8. The zero-order valence-corrected chi connectivity index (χ0v) is 30.8. The topological polar surface area (TPSA) is 8.17 Å². The summed E-state index contributed by atoms with van der Waals surface area (Å²) < 4.78 is 2.39. The Labute approximate surface area is 327 Å². The van der Waals surface area contributed by atoms with Crippen molar-refractivity contribution in [3.63, 3.8) is 0 Å². The number of benzene rings is 9. The molecule has 0 aliphatic heterocycles. The van der Waals surface area contributed by atoms with Crippen LogP contribution >= 0.6 is 0 Å². The first kappa shape index (κ1) is 33.2. The highest BCUT2D eigenvalue weighted by molar-refractivity contribution is 6.16. The maximum absolute atomic E-state index is 2.44. The fraction of sp³-hybridized carbons (Fsp3) is 0. The standard InChI is InChI=1S/C54H38N2/c1-4-19-39(20-5-1)41-23-17-28-45(38-41)56(50-33-13-10-29-46(50)40-21-6-2-7-22-40)51-34-14-11-30-47(51)42-24-16-25-43(37-42)48-32-18-36-53-54(48)49-31-12-15-35-52(49)55(53)44-26-8-3-9-27-44/h1-38H. The zero-order valence-electron chi connectivity index (χ0n) is 30.8. The quantitative estimate of drug-likeness (QED) is 0.152. The van der Waals surface area contributed by atoms with Gasteiger partial charge in [-0.3, -0.25) is 0 Å². The summed E-state index contributed by atoms with van der Waals surface area (Å²) in [6, 6.07) is 83.0. The molecule has 0 unspecified atom stereocenters. The van der Waals surface area contributed by atoms with Crippen molar-refractivity contribution in [2.45, 2.75) is 0 Å². The molecule has 1 aromatic heterocycles. The second-order valence-corrected chi connectivity index (χ2v) is 14.1. The SMILES string of the molecule is c1ccc(-c2cccc(N(c3ccccc3-c3ccccc3)c3ccccc3-c3cccc(-c4cccc5c4c4ccccc4n5-c4ccccc4)c3)c2)cc1. The second-order valence-electron chi connectivity index (χ2n) is 14.1. The molecular weight excluding hydrogens is 677 g/mol. The van der Waals surface area contributed by atoms with Crippen molar-refractivity contribution in [1.29, 1.82) is 0 Å². The minimum Gasteiger partial charge on any atom is -0.309 e. The molecule has 0 saturated carbocycles. The fourth-order valence-corrected chi connectivity index (χ4v) is 8.28. The number of anilines is 3. The molecule has 0 saturated heterocycles. The summed E-state index contributed by atoms with van der Waals surface area (Å²) in [6.07, 6.45) is 0. The second kappa shape index (κ2) is 14.4. The van der Waals surface area contributed by atoms with Crippen molar-refractivity contribution in [1.82, 2.24) is 4.57 Å². The van der Waals surface area contributed by atoms with Crippen LogP contribution in [0.3, 0.4) is 0 Å². The van der Waals surface area contributed by atoms with E-state index in [0.717, 1.165) is 33.9 Å². The van der Waals surface area contributed by atoms with Crippen LogP contribution in [0.1, 0.15) is 0 Å². The van der Waals surface area contributed by atoms with Crippen LogP contribution in [0.5, 0.6) is 0 Å². The van der Waals surface area contributed by atoms with Crippen LogP contribution in [-0.2, 0) is 0 Å². The molecule has 9 aromatic carbocycles. The van der Waals surface area contributed by atoms with E-state index in [1.807, 2.05) is 0 Å². The monoisotopic (exact) mass is 714 g/mol. The summed E-state index contributed by atoms with van der Waals surface area (Å²) in [6.45, 7) is 0. The van der Waals surface area contributed by atoms with Gasteiger partial charge in [0.15, 0.2) is 0 Å². The molecule has 0 N–H and O–H groups in total. The van der Waals surface area contributed by atoms with Crippen molar-refractivity contribution >= 4 is 38.9 Å². The third-order valence-electron chi connectivity index (χ3n) is 10.8. The van der Waals surface area contributed by atoms with Crippen LogP contribution < -0.4 is 4.90 Å². The van der Waals surface area contributed by atoms with E-state index in [4.69, 9.17) is 0 Å². The van der Waals surface area contributed by atoms with Gasteiger partial charge < -0.3 is 9.47 Å². The van der Waals surface area contributed by atoms with Crippen LogP contribution in [0.15, 0.2) is 231 Å². The van der Waals surface area contributed by atoms with E-state index in [1.165, 1.54) is 55.2 Å². The van der Waals surface area contributed by atoms with Gasteiger partial charge in [0.25, 0.3) is 0 Å². The largest absolute Gasteiger partial charge is 0.309 e. The van der Waals surface area contributed by atoms with Crippen molar-refractivity contribution in [2.24, 2.45) is 0 Å². The summed E-state index contributed by atoms with van der Waals surface area (Å²) in [7, 11) is 0. The molecule has 2 heteroatoms. The maximum atomic E-state index is 2.44. The molecule has 10 aromatic rings. The van der Waals surface area contributed by atoms with Crippen LogP contribution in [0, 0.1) is 0 Å². The van der Waals surface area contributed by atoms with Crippen molar-refractivity contribution < 1.29 is 0 Å². The summed E-state index contributed by atoms with van der Waals surface area (Å²) in [5.41, 5.74) is 16.3. The molecule has 0 aliphatic rings. The van der Waals surface area contributed by atoms with Gasteiger partial charge in [0, 0.05) is 33.3 Å². The Morgan fingerprint density at radius 1 is 0.304 bits per heavy atom. The Kier molecular flexibility index (Phi) is 8.55. The Balaban J connectivity index is 1.17. The van der Waals surface area contributed by atoms with Gasteiger partial charge in [-0.1, -0.05) is 176 Å². The first-order chi connectivity index (χ1) is 27.8. The van der Waals surface area contributed by atoms with E-state index in [-0.39, 0.29) is 0 Å². The molecular formula is C54H38N2. The molecule has 0 atom stereocenters. The van der Waals surface area contributed by atoms with E-state index >= 15 is 0 Å². The van der Waals surface area contributed by atoms with Crippen molar-refractivity contribution in [3.8, 4) is 50.2 Å². The molecule has 56 heavy (non-hydrogen) atoms. The molecule has 0 fully saturated rings. The van der Waals surface area contributed by atoms with Gasteiger partial charge in [-0.15, -0.1) is 0 Å². The molecule has 264 valence electrons. The average molecular weight is 715 g/mol. The van der Waals surface area contributed by atoms with Crippen LogP contribution in [-0.4, -0.2) is 4.57 Å². The van der Waals surface area contributed by atoms with E-state index in [1.54, 1.807) is 0 Å². The predicted octanol–water partition coefficient (Wildman–Crippen LogP) is 14.9. The van der Waals surface area contributed by atoms with Crippen LogP contribution in [0.2, 0.25) is 0 Å². The zero-order chi connectivity index (χ0) is 37.3. The first-order valence-electron chi connectivity index (χ1n) is 19.2. The van der Waals surface area contributed by atoms with Gasteiger partial charge in [0.2, 0.25) is 0 Å². The van der Waals surface area contributed by atoms with Gasteiger partial charge in [-0.2, -0.15) is 0 Å². The summed E-state index contributed by atoms with van der Waals surface area (Å²) in [4.78, 5) is 2.44. The minimum absolute atomic E-state index is 1.09. The van der Waals surface area contributed by atoms with Gasteiger partial charge >= 0.3 is 0 Å². The van der Waals surface area contributed by atoms with Gasteiger partial charge in [0.05, 0.1) is 22.4 Å². The minimum atomic E-state index is 1.09. The molecule has 0 aliphatic carbocycles. The highest BCUT2D eigenvalue weighted by Gasteiger charge is 2.22. The molecule has 0 amide bonds. The molecule has 1 heterocycles. The predicted molar refractivity (Wildman–Crippen MR) is 237 cm³/mol. The molecule has 0 radical (unpaired) electrons. The van der Waals surface area contributed by atoms with Gasteiger partial charge in [-0.25, -0.2) is 0 Å². The average Bonchev–Trinajstić information content (AvgIpc) is 3.63. The maximum Gasteiger partial charge on any atom is 0.0547 e. The molecule has 10 rings (SSSR count). The number of hydrogen-bond donors (Lipinski definition) is 0. The van der Waals surface area contributed by atoms with E-state index in [9.17, 15) is 0 Å². The first-order valence-corrected chi connectivity index (χ1v) is 19.2. The summed E-state index contributed by atoms with van der Waals surface area (Å²) in [5, 5.41) is 2.50. The number of para-hydroxylation sites is 4. The summed E-state index contributed by atoms with van der Waals surface area (Å²) in [5.74, 6) is 0. The molecule has 2 nitrogen and oxygen atoms in total. The Hall–Kier alpha value is -7.42. The third kappa shape index (κ3) is 5.95. The lowest BCUT2D eigenvalue weighted by molar-refractivity contribution is 1.18. The van der Waals surface area contributed by atoms with E-state index in [2.05, 4.69) is 240 Å². The van der Waals surface area contributed by atoms with Crippen LogP contribution in [0.4, 0.5) is 17.1 Å². The molecule has 0 spiro atoms. The van der Waals surface area contributed by atoms with Gasteiger partial charge in [-0.05, 0) is 88.0 Å². The highest BCUT2D eigenvalue weighted by atomic mass is 15.1. The normalized spacial score (nSPS) is 11.2. The highest BCUT2D eigenvalue weighted by Crippen LogP contribution is 2.46. The smallest absolute Gasteiger partial charge is 0.0547 e. The number of nitrogens with zero attached hydrogens (tertiary/aromatic N) is 2. The lowest BCUT2D eigenvalue weighted by Gasteiger charge is -2.30.